The number of nitrogens with one attached hydrogen (secondary N) is 1. The van der Waals surface area contributed by atoms with Gasteiger partial charge in [-0.1, -0.05) is 100 Å². The molecule has 4 aromatic rings. The third-order valence-corrected chi connectivity index (χ3v) is 5.71. The molecule has 0 radical (unpaired) electrons. The third kappa shape index (κ3) is 3.89. The van der Waals surface area contributed by atoms with Crippen molar-refractivity contribution in [1.82, 2.24) is 15.2 Å². The molecule has 0 amide bonds. The molecule has 0 aliphatic carbocycles. The lowest BCUT2D eigenvalue weighted by Gasteiger charge is -2.15. The van der Waals surface area contributed by atoms with Crippen LogP contribution in [0.2, 0.25) is 0 Å². The second kappa shape index (κ2) is 7.89. The monoisotopic (exact) mass is 421 g/mol. The fourth-order valence-electron chi connectivity index (χ4n) is 2.73. The Kier molecular flexibility index (Phi) is 5.18. The molecule has 0 unspecified atom stereocenters. The van der Waals surface area contributed by atoms with E-state index in [1.54, 1.807) is 11.8 Å². The van der Waals surface area contributed by atoms with Crippen molar-refractivity contribution >= 4 is 27.7 Å². The Labute approximate surface area is 165 Å². The van der Waals surface area contributed by atoms with E-state index in [9.17, 15) is 0 Å². The molecular formula is C21H16BrN3S. The first-order chi connectivity index (χ1) is 12.8. The number of hydrogen-bond acceptors (Lipinski definition) is 3. The van der Waals surface area contributed by atoms with Gasteiger partial charge >= 0.3 is 0 Å². The Bertz CT molecular complexity index is 930. The number of nitrogens with zero attached hydrogens (tertiary/aromatic N) is 2. The lowest BCUT2D eigenvalue weighted by atomic mass is 10.0. The maximum atomic E-state index is 4.68. The minimum atomic E-state index is 0.144. The number of benzene rings is 3. The fraction of sp³-hybridized carbons (Fsp3) is 0.0476. The van der Waals surface area contributed by atoms with Crippen LogP contribution in [-0.2, 0) is 0 Å². The van der Waals surface area contributed by atoms with Crippen LogP contribution in [0.3, 0.4) is 0 Å². The van der Waals surface area contributed by atoms with Crippen LogP contribution in [-0.4, -0.2) is 15.2 Å². The van der Waals surface area contributed by atoms with Gasteiger partial charge < -0.3 is 0 Å². The first kappa shape index (κ1) is 17.1. The number of halogens is 1. The highest BCUT2D eigenvalue weighted by Crippen LogP contribution is 2.39. The van der Waals surface area contributed by atoms with Crippen LogP contribution < -0.4 is 0 Å². The van der Waals surface area contributed by atoms with Crippen LogP contribution in [0, 0.1) is 0 Å². The molecule has 0 bridgehead atoms. The highest BCUT2D eigenvalue weighted by atomic mass is 79.9. The molecule has 0 aliphatic heterocycles. The van der Waals surface area contributed by atoms with E-state index in [1.165, 1.54) is 11.1 Å². The fourth-order valence-corrected chi connectivity index (χ4v) is 4.03. The molecule has 4 rings (SSSR count). The SMILES string of the molecule is Brc1ccc(-c2nc(SC(c3ccccc3)c3ccccc3)n[nH]2)cc1. The zero-order chi connectivity index (χ0) is 17.8. The highest BCUT2D eigenvalue weighted by Gasteiger charge is 2.18. The number of thioether (sulfide) groups is 1. The van der Waals surface area contributed by atoms with Gasteiger partial charge in [-0.3, -0.25) is 5.10 Å². The van der Waals surface area contributed by atoms with Gasteiger partial charge in [-0.15, -0.1) is 5.10 Å². The molecule has 128 valence electrons. The van der Waals surface area contributed by atoms with Crippen molar-refractivity contribution in [3.05, 3.63) is 101 Å². The molecule has 1 N–H and O–H groups in total. The van der Waals surface area contributed by atoms with Gasteiger partial charge in [0.2, 0.25) is 5.16 Å². The van der Waals surface area contributed by atoms with Crippen LogP contribution >= 0.6 is 27.7 Å². The van der Waals surface area contributed by atoms with Crippen LogP contribution in [0.15, 0.2) is 94.6 Å². The van der Waals surface area contributed by atoms with Gasteiger partial charge in [-0.25, -0.2) is 4.98 Å². The Morgan fingerprint density at radius 3 is 1.92 bits per heavy atom. The number of aromatic amines is 1. The van der Waals surface area contributed by atoms with Crippen LogP contribution in [0.1, 0.15) is 16.4 Å². The summed E-state index contributed by atoms with van der Waals surface area (Å²) in [6, 6.07) is 29.0. The summed E-state index contributed by atoms with van der Waals surface area (Å²) in [5.74, 6) is 0.778. The lowest BCUT2D eigenvalue weighted by Crippen LogP contribution is -1.97. The van der Waals surface area contributed by atoms with Crippen molar-refractivity contribution < 1.29 is 0 Å². The summed E-state index contributed by atoms with van der Waals surface area (Å²) in [7, 11) is 0. The van der Waals surface area contributed by atoms with Crippen molar-refractivity contribution in [2.75, 3.05) is 0 Å². The second-order valence-electron chi connectivity index (χ2n) is 5.79. The normalized spacial score (nSPS) is 11.0. The van der Waals surface area contributed by atoms with Crippen molar-refractivity contribution in [3.63, 3.8) is 0 Å². The summed E-state index contributed by atoms with van der Waals surface area (Å²) in [4.78, 5) is 4.68. The topological polar surface area (TPSA) is 41.6 Å². The van der Waals surface area contributed by atoms with Crippen molar-refractivity contribution in [1.29, 1.82) is 0 Å². The zero-order valence-electron chi connectivity index (χ0n) is 13.8. The molecule has 0 atom stereocenters. The van der Waals surface area contributed by atoms with Crippen molar-refractivity contribution in [2.24, 2.45) is 0 Å². The Morgan fingerprint density at radius 1 is 0.769 bits per heavy atom. The van der Waals surface area contributed by atoms with E-state index in [0.29, 0.717) is 0 Å². The summed E-state index contributed by atoms with van der Waals surface area (Å²) in [5.41, 5.74) is 3.49. The number of rotatable bonds is 5. The Balaban J connectivity index is 1.63. The molecule has 1 aromatic heterocycles. The molecule has 0 spiro atoms. The number of aromatic nitrogens is 3. The summed E-state index contributed by atoms with van der Waals surface area (Å²) in [6.07, 6.45) is 0. The smallest absolute Gasteiger partial charge is 0.209 e. The van der Waals surface area contributed by atoms with Gasteiger partial charge in [0.15, 0.2) is 5.82 Å². The van der Waals surface area contributed by atoms with Crippen molar-refractivity contribution in [2.45, 2.75) is 10.4 Å². The average molecular weight is 422 g/mol. The van der Waals surface area contributed by atoms with E-state index in [1.807, 2.05) is 36.4 Å². The Hall–Kier alpha value is -2.37. The number of H-pyrrole nitrogens is 1. The highest BCUT2D eigenvalue weighted by molar-refractivity contribution is 9.10. The Morgan fingerprint density at radius 2 is 1.35 bits per heavy atom. The molecule has 0 saturated carbocycles. The molecule has 26 heavy (non-hydrogen) atoms. The van der Waals surface area contributed by atoms with Gasteiger partial charge in [0.25, 0.3) is 0 Å². The molecule has 0 fully saturated rings. The van der Waals surface area contributed by atoms with E-state index in [2.05, 4.69) is 79.6 Å². The first-order valence-corrected chi connectivity index (χ1v) is 9.92. The molecule has 1 heterocycles. The zero-order valence-corrected chi connectivity index (χ0v) is 16.2. The minimum absolute atomic E-state index is 0.144. The van der Waals surface area contributed by atoms with Gasteiger partial charge in [0.1, 0.15) is 0 Å². The molecular weight excluding hydrogens is 406 g/mol. The number of hydrogen-bond donors (Lipinski definition) is 1. The summed E-state index contributed by atoms with van der Waals surface area (Å²) >= 11 is 5.11. The van der Waals surface area contributed by atoms with Crippen molar-refractivity contribution in [3.8, 4) is 11.4 Å². The lowest BCUT2D eigenvalue weighted by molar-refractivity contribution is 0.965. The van der Waals surface area contributed by atoms with E-state index in [4.69, 9.17) is 0 Å². The average Bonchev–Trinajstić information content (AvgIpc) is 3.17. The van der Waals surface area contributed by atoms with Gasteiger partial charge in [-0.2, -0.15) is 0 Å². The molecule has 5 heteroatoms. The maximum absolute atomic E-state index is 4.68. The van der Waals surface area contributed by atoms with E-state index < -0.39 is 0 Å². The quantitative estimate of drug-likeness (QED) is 0.394. The first-order valence-electron chi connectivity index (χ1n) is 8.24. The molecule has 3 nitrogen and oxygen atoms in total. The molecule has 0 aliphatic rings. The third-order valence-electron chi connectivity index (χ3n) is 4.01. The van der Waals surface area contributed by atoms with Gasteiger partial charge in [0, 0.05) is 10.0 Å². The van der Waals surface area contributed by atoms with E-state index in [0.717, 1.165) is 21.0 Å². The predicted molar refractivity (Wildman–Crippen MR) is 110 cm³/mol. The van der Waals surface area contributed by atoms with Crippen LogP contribution in [0.4, 0.5) is 0 Å². The molecule has 3 aromatic carbocycles. The summed E-state index contributed by atoms with van der Waals surface area (Å²) in [6.45, 7) is 0. The standard InChI is InChI=1S/C21H16BrN3S/c22-18-13-11-17(12-14-18)20-23-21(25-24-20)26-19(15-7-3-1-4-8-15)16-9-5-2-6-10-16/h1-14,19H,(H,23,24,25). The largest absolute Gasteiger partial charge is 0.258 e. The van der Waals surface area contributed by atoms with E-state index >= 15 is 0 Å². The second-order valence-corrected chi connectivity index (χ2v) is 7.78. The summed E-state index contributed by atoms with van der Waals surface area (Å²) in [5, 5.41) is 8.35. The van der Waals surface area contributed by atoms with Crippen LogP contribution in [0.5, 0.6) is 0 Å². The van der Waals surface area contributed by atoms with Gasteiger partial charge in [0.05, 0.1) is 5.25 Å². The van der Waals surface area contributed by atoms with E-state index in [-0.39, 0.29) is 5.25 Å². The minimum Gasteiger partial charge on any atom is -0.258 e. The summed E-state index contributed by atoms with van der Waals surface area (Å²) < 4.78 is 1.04. The van der Waals surface area contributed by atoms with Gasteiger partial charge in [-0.05, 0) is 23.3 Å². The predicted octanol–water partition coefficient (Wildman–Crippen LogP) is 6.12. The molecule has 0 saturated heterocycles. The maximum Gasteiger partial charge on any atom is 0.209 e. The van der Waals surface area contributed by atoms with Crippen LogP contribution in [0.25, 0.3) is 11.4 Å².